The van der Waals surface area contributed by atoms with Gasteiger partial charge in [0.2, 0.25) is 9.84 Å². The number of anilines is 3. The van der Waals surface area contributed by atoms with Gasteiger partial charge < -0.3 is 26.9 Å². The summed E-state index contributed by atoms with van der Waals surface area (Å²) in [4.78, 5) is -2.50. The monoisotopic (exact) mass is 817 g/mol. The van der Waals surface area contributed by atoms with Gasteiger partial charge in [0.1, 0.15) is 26.4 Å². The molecular formula is C34H25N7Na2O9S3. The summed E-state index contributed by atoms with van der Waals surface area (Å²) in [7, 11) is -15.0. The number of rotatable bonds is 9. The second-order valence-electron chi connectivity index (χ2n) is 11.3. The van der Waals surface area contributed by atoms with Crippen molar-refractivity contribution in [2.45, 2.75) is 19.6 Å². The summed E-state index contributed by atoms with van der Waals surface area (Å²) < 4.78 is 101. The molecule has 21 heteroatoms. The number of sulfone groups is 1. The molecule has 6 rings (SSSR count). The third kappa shape index (κ3) is 8.92. The standard InChI is InChI=1S/C34H27N7O9S3.2Na/c35-20-13-16-26(25(36)17-20)39-40-31-24-18-27(52(45,46)47)32(41-38-21-7-3-1-4-8-21)33(42)29(24)30(37)28(34(31)53(48,49)50)19-11-14-23(15-12-19)51(43,44)22-9-5-2-6-10-22;;/h1-18,42H,35-37H2,(H,45,46,47)(H,48,49,50);;/q;2*+1/p-2. The average Bonchev–Trinajstić information content (AvgIpc) is 3.11. The second-order valence-corrected chi connectivity index (χ2v) is 15.9. The molecule has 0 bridgehead atoms. The number of benzene rings is 6. The van der Waals surface area contributed by atoms with Crippen LogP contribution in [0.5, 0.6) is 5.75 Å². The van der Waals surface area contributed by atoms with Crippen LogP contribution < -0.4 is 81.4 Å². The molecule has 0 radical (unpaired) electrons. The van der Waals surface area contributed by atoms with E-state index in [9.17, 15) is 39.5 Å². The molecule has 16 nitrogen and oxygen atoms in total. The first-order valence-corrected chi connectivity index (χ1v) is 19.3. The zero-order valence-corrected chi connectivity index (χ0v) is 35.3. The Balaban J connectivity index is 0.00000336. The molecule has 0 fully saturated rings. The predicted molar refractivity (Wildman–Crippen MR) is 193 cm³/mol. The molecule has 0 aromatic heterocycles. The van der Waals surface area contributed by atoms with Gasteiger partial charge in [0.05, 0.1) is 31.7 Å². The van der Waals surface area contributed by atoms with Crippen LogP contribution in [-0.4, -0.2) is 34.4 Å². The SMILES string of the molecule is Nc1ccc(N=Nc2c(S(=O)(=O)O)c(-c3ccc(S(=O)(=O)c4ccccc4)cc3)c(N)c3c([O-])c(N=Nc4ccccc4)c(S(=O)(=O)[O-])cc23)c(N)c1.[Na+].[Na+]. The van der Waals surface area contributed by atoms with Crippen molar-refractivity contribution in [3.8, 4) is 16.9 Å². The van der Waals surface area contributed by atoms with Gasteiger partial charge in [-0.05, 0) is 66.2 Å². The third-order valence-electron chi connectivity index (χ3n) is 7.82. The summed E-state index contributed by atoms with van der Waals surface area (Å²) in [6, 6.07) is 24.6. The molecule has 0 saturated heterocycles. The Bertz CT molecular complexity index is 2830. The van der Waals surface area contributed by atoms with Gasteiger partial charge in [0.15, 0.2) is 0 Å². The van der Waals surface area contributed by atoms with E-state index in [1.54, 1.807) is 24.3 Å². The molecule has 0 aliphatic carbocycles. The summed E-state index contributed by atoms with van der Waals surface area (Å²) in [6.45, 7) is 0. The maximum atomic E-state index is 14.2. The summed E-state index contributed by atoms with van der Waals surface area (Å²) in [5.41, 5.74) is 15.5. The van der Waals surface area contributed by atoms with E-state index in [4.69, 9.17) is 17.2 Å². The van der Waals surface area contributed by atoms with Crippen molar-refractivity contribution in [2.75, 3.05) is 17.2 Å². The zero-order valence-electron chi connectivity index (χ0n) is 28.9. The van der Waals surface area contributed by atoms with E-state index in [-0.39, 0.29) is 97.2 Å². The van der Waals surface area contributed by atoms with Crippen LogP contribution in [0.1, 0.15) is 0 Å². The van der Waals surface area contributed by atoms with Crippen LogP contribution >= 0.6 is 0 Å². The van der Waals surface area contributed by atoms with Crippen molar-refractivity contribution in [3.63, 3.8) is 0 Å². The van der Waals surface area contributed by atoms with Crippen molar-refractivity contribution in [3.05, 3.63) is 109 Å². The fourth-order valence-electron chi connectivity index (χ4n) is 5.40. The Hall–Kier alpha value is -4.25. The molecule has 0 atom stereocenters. The molecular weight excluding hydrogens is 793 g/mol. The van der Waals surface area contributed by atoms with Crippen LogP contribution in [0.15, 0.2) is 149 Å². The molecule has 270 valence electrons. The molecule has 0 aliphatic rings. The van der Waals surface area contributed by atoms with E-state index in [0.29, 0.717) is 6.07 Å². The Kier molecular flexibility index (Phi) is 13.3. The van der Waals surface area contributed by atoms with Crippen LogP contribution in [0, 0.1) is 0 Å². The number of hydrogen-bond acceptors (Lipinski definition) is 15. The quantitative estimate of drug-likeness (QED) is 0.0656. The third-order valence-corrected chi connectivity index (χ3v) is 11.4. The molecule has 0 saturated carbocycles. The number of fused-ring (bicyclic) bond motifs is 1. The van der Waals surface area contributed by atoms with E-state index < -0.39 is 79.0 Å². The summed E-state index contributed by atoms with van der Waals surface area (Å²) >= 11 is 0. The predicted octanol–water partition coefficient (Wildman–Crippen LogP) is 0.149. The van der Waals surface area contributed by atoms with E-state index in [1.165, 1.54) is 66.7 Å². The molecule has 0 amide bonds. The minimum Gasteiger partial charge on any atom is -0.870 e. The van der Waals surface area contributed by atoms with Crippen molar-refractivity contribution in [2.24, 2.45) is 20.5 Å². The van der Waals surface area contributed by atoms with Gasteiger partial charge in [-0.25, -0.2) is 16.8 Å². The number of azo groups is 2. The normalized spacial score (nSPS) is 12.1. The Morgan fingerprint density at radius 2 is 1.20 bits per heavy atom. The van der Waals surface area contributed by atoms with E-state index in [2.05, 4.69) is 20.5 Å². The van der Waals surface area contributed by atoms with Crippen molar-refractivity contribution in [1.29, 1.82) is 0 Å². The van der Waals surface area contributed by atoms with Gasteiger partial charge in [-0.15, -0.1) is 15.3 Å². The minimum atomic E-state index is -5.53. The smallest absolute Gasteiger partial charge is 0.870 e. The summed E-state index contributed by atoms with van der Waals surface area (Å²) in [5, 5.41) is 28.6. The second kappa shape index (κ2) is 16.9. The van der Waals surface area contributed by atoms with Crippen molar-refractivity contribution in [1.82, 2.24) is 0 Å². The van der Waals surface area contributed by atoms with Crippen LogP contribution in [0.4, 0.5) is 39.8 Å². The first kappa shape index (κ1) is 43.5. The molecule has 0 spiro atoms. The molecule has 0 heterocycles. The molecule has 0 unspecified atom stereocenters. The Morgan fingerprint density at radius 1 is 0.636 bits per heavy atom. The van der Waals surface area contributed by atoms with E-state index in [0.717, 1.165) is 12.1 Å². The summed E-state index contributed by atoms with van der Waals surface area (Å²) in [5.74, 6) is -1.27. The zero-order chi connectivity index (χ0) is 38.3. The van der Waals surface area contributed by atoms with Crippen molar-refractivity contribution >= 4 is 80.7 Å². The largest absolute Gasteiger partial charge is 1.00 e. The van der Waals surface area contributed by atoms with Crippen LogP contribution in [0.2, 0.25) is 0 Å². The van der Waals surface area contributed by atoms with Gasteiger partial charge in [0.25, 0.3) is 10.1 Å². The number of nitrogen functional groups attached to an aromatic ring is 3. The van der Waals surface area contributed by atoms with Crippen molar-refractivity contribution < 1.29 is 98.6 Å². The van der Waals surface area contributed by atoms with Gasteiger partial charge in [-0.2, -0.15) is 13.5 Å². The molecule has 6 aromatic carbocycles. The number of nitrogens with zero attached hydrogens (tertiary/aromatic N) is 4. The number of hydrogen-bond donors (Lipinski definition) is 4. The summed E-state index contributed by atoms with van der Waals surface area (Å²) in [6.07, 6.45) is 0. The van der Waals surface area contributed by atoms with Gasteiger partial charge in [0, 0.05) is 27.7 Å². The topological polar surface area (TPSA) is 296 Å². The average molecular weight is 818 g/mol. The molecule has 55 heavy (non-hydrogen) atoms. The maximum absolute atomic E-state index is 14.2. The molecule has 0 aliphatic heterocycles. The fraction of sp³-hybridized carbons (Fsp3) is 0. The Labute approximate surface area is 359 Å². The first-order chi connectivity index (χ1) is 25.0. The van der Waals surface area contributed by atoms with Gasteiger partial charge >= 0.3 is 59.1 Å². The van der Waals surface area contributed by atoms with Gasteiger partial charge in [-0.3, -0.25) is 4.55 Å². The van der Waals surface area contributed by atoms with Crippen LogP contribution in [-0.2, 0) is 30.1 Å². The molecule has 7 N–H and O–H groups in total. The first-order valence-electron chi connectivity index (χ1n) is 15.0. The van der Waals surface area contributed by atoms with Crippen LogP contribution in [0.3, 0.4) is 0 Å². The van der Waals surface area contributed by atoms with E-state index in [1.807, 2.05) is 0 Å². The number of nitrogens with two attached hydrogens (primary N) is 3. The molecule has 6 aromatic rings. The van der Waals surface area contributed by atoms with E-state index >= 15 is 0 Å². The minimum absolute atomic E-state index is 0. The maximum Gasteiger partial charge on any atom is 1.00 e. The fourth-order valence-corrected chi connectivity index (χ4v) is 8.19. The Morgan fingerprint density at radius 3 is 1.76 bits per heavy atom. The van der Waals surface area contributed by atoms with Gasteiger partial charge in [-0.1, -0.05) is 54.3 Å². The van der Waals surface area contributed by atoms with Crippen LogP contribution in [0.25, 0.3) is 21.9 Å².